The highest BCUT2D eigenvalue weighted by atomic mass is 19.2. The zero-order valence-electron chi connectivity index (χ0n) is 15.5. The van der Waals surface area contributed by atoms with Crippen LogP contribution in [0.25, 0.3) is 11.6 Å². The van der Waals surface area contributed by atoms with Crippen molar-refractivity contribution in [2.75, 3.05) is 0 Å². The van der Waals surface area contributed by atoms with E-state index in [4.69, 9.17) is 0 Å². The van der Waals surface area contributed by atoms with E-state index >= 15 is 0 Å². The number of benzene rings is 1. The van der Waals surface area contributed by atoms with Gasteiger partial charge in [0.05, 0.1) is 5.70 Å². The van der Waals surface area contributed by atoms with E-state index in [2.05, 4.69) is 11.6 Å². The Labute approximate surface area is 153 Å². The lowest BCUT2D eigenvalue weighted by molar-refractivity contribution is 0.624. The maximum absolute atomic E-state index is 13.8. The largest absolute Gasteiger partial charge is 0.677 e. The van der Waals surface area contributed by atoms with E-state index < -0.39 is 7.40 Å². The van der Waals surface area contributed by atoms with Gasteiger partial charge in [0, 0.05) is 22.7 Å². The minimum atomic E-state index is -2.61. The lowest BCUT2D eigenvalue weighted by atomic mass is 9.94. The third-order valence-electron chi connectivity index (χ3n) is 4.61. The highest BCUT2D eigenvalue weighted by Gasteiger charge is 2.29. The second-order valence-electron chi connectivity index (χ2n) is 6.60. The molecule has 5 heteroatoms. The highest BCUT2D eigenvalue weighted by molar-refractivity contribution is 6.41. The van der Waals surface area contributed by atoms with Gasteiger partial charge in [0.2, 0.25) is 0 Å². The monoisotopic (exact) mass is 350 g/mol. The zero-order chi connectivity index (χ0) is 19.0. The topological polar surface area (TPSA) is 17.3 Å². The Morgan fingerprint density at radius 3 is 2.27 bits per heavy atom. The van der Waals surface area contributed by atoms with Crippen LogP contribution in [-0.2, 0) is 0 Å². The molecule has 0 unspecified atom stereocenters. The van der Waals surface area contributed by atoms with Gasteiger partial charge in [-0.25, -0.2) is 0 Å². The minimum Gasteiger partial charge on any atom is -0.329 e. The van der Waals surface area contributed by atoms with Crippen molar-refractivity contribution in [2.45, 2.75) is 27.7 Å². The van der Waals surface area contributed by atoms with Crippen molar-refractivity contribution < 1.29 is 8.63 Å². The number of halogens is 2. The summed E-state index contributed by atoms with van der Waals surface area (Å²) in [6, 6.07) is 9.54. The van der Waals surface area contributed by atoms with Crippen LogP contribution >= 0.6 is 0 Å². The molecule has 1 aromatic heterocycles. The molecule has 0 radical (unpaired) electrons. The molecule has 2 heterocycles. The summed E-state index contributed by atoms with van der Waals surface area (Å²) in [6.07, 6.45) is 3.74. The van der Waals surface area contributed by atoms with Crippen molar-refractivity contribution in [3.8, 4) is 0 Å². The molecule has 0 fully saturated rings. The van der Waals surface area contributed by atoms with Crippen LogP contribution in [0.3, 0.4) is 0 Å². The van der Waals surface area contributed by atoms with Crippen molar-refractivity contribution in [1.29, 1.82) is 0 Å². The molecule has 26 heavy (non-hydrogen) atoms. The molecular formula is C21H21BF2N2. The molecule has 132 valence electrons. The van der Waals surface area contributed by atoms with Crippen LogP contribution in [0.1, 0.15) is 41.9 Å². The summed E-state index contributed by atoms with van der Waals surface area (Å²) < 4.78 is 28.8. The number of aryl methyl sites for hydroxylation is 2. The Kier molecular flexibility index (Phi) is 4.81. The van der Waals surface area contributed by atoms with Gasteiger partial charge in [-0.05, 0) is 62.1 Å². The Balaban J connectivity index is 2.36. The molecule has 0 spiro atoms. The van der Waals surface area contributed by atoms with Crippen LogP contribution in [0.5, 0.6) is 0 Å². The van der Waals surface area contributed by atoms with Crippen LogP contribution in [0.15, 0.2) is 59.2 Å². The second kappa shape index (κ2) is 6.91. The van der Waals surface area contributed by atoms with Crippen molar-refractivity contribution in [3.05, 3.63) is 82.3 Å². The van der Waals surface area contributed by atoms with E-state index in [9.17, 15) is 8.63 Å². The summed E-state index contributed by atoms with van der Waals surface area (Å²) in [4.78, 5) is 4.64. The molecule has 0 N–H and O–H groups in total. The van der Waals surface area contributed by atoms with Gasteiger partial charge in [-0.15, -0.1) is 0 Å². The molecular weight excluding hydrogens is 329 g/mol. The third kappa shape index (κ3) is 3.09. The van der Waals surface area contributed by atoms with Gasteiger partial charge in [0.15, 0.2) is 0 Å². The smallest absolute Gasteiger partial charge is 0.329 e. The summed E-state index contributed by atoms with van der Waals surface area (Å²) >= 11 is 0. The molecule has 0 atom stereocenters. The number of hydrogen-bond donors (Lipinski definition) is 0. The van der Waals surface area contributed by atoms with Crippen LogP contribution in [0.2, 0.25) is 0 Å². The van der Waals surface area contributed by atoms with Crippen molar-refractivity contribution in [3.63, 3.8) is 0 Å². The third-order valence-corrected chi connectivity index (χ3v) is 4.61. The van der Waals surface area contributed by atoms with E-state index in [0.717, 1.165) is 43.7 Å². The van der Waals surface area contributed by atoms with Gasteiger partial charge in [0.25, 0.3) is 0 Å². The summed E-state index contributed by atoms with van der Waals surface area (Å²) in [5.41, 5.74) is 7.04. The molecule has 0 saturated heterocycles. The maximum atomic E-state index is 13.8. The molecule has 1 aliphatic heterocycles. The van der Waals surface area contributed by atoms with Crippen LogP contribution in [0, 0.1) is 13.8 Å². The number of hydrogen-bond acceptors (Lipinski definition) is 1. The predicted octanol–water partition coefficient (Wildman–Crippen LogP) is 5.70. The zero-order valence-corrected chi connectivity index (χ0v) is 15.5. The first-order valence-electron chi connectivity index (χ1n) is 8.51. The lowest BCUT2D eigenvalue weighted by Crippen LogP contribution is -2.18. The first-order valence-corrected chi connectivity index (χ1v) is 8.51. The van der Waals surface area contributed by atoms with E-state index in [1.54, 1.807) is 19.1 Å². The van der Waals surface area contributed by atoms with E-state index in [1.807, 2.05) is 51.1 Å². The fraction of sp³-hybridized carbons (Fsp3) is 0.190. The highest BCUT2D eigenvalue weighted by Crippen LogP contribution is 2.37. The number of aromatic nitrogens is 1. The second-order valence-corrected chi connectivity index (χ2v) is 6.60. The van der Waals surface area contributed by atoms with Crippen molar-refractivity contribution in [2.24, 2.45) is 4.99 Å². The van der Waals surface area contributed by atoms with Gasteiger partial charge in [-0.1, -0.05) is 36.9 Å². The van der Waals surface area contributed by atoms with Gasteiger partial charge in [0.1, 0.15) is 0 Å². The number of allylic oxidation sites excluding steroid dienone is 2. The fourth-order valence-electron chi connectivity index (χ4n) is 3.49. The van der Waals surface area contributed by atoms with Crippen LogP contribution in [0.4, 0.5) is 8.63 Å². The molecule has 0 saturated carbocycles. The van der Waals surface area contributed by atoms with Gasteiger partial charge in [-0.3, -0.25) is 13.6 Å². The standard InChI is InChI=1S/C21H21BF2N2/c1-6-17-7-9-18(10-8-17)19(20-13(2)11-15(4)25-20)21-14(3)12-16(5)26(21)22(23)24/h6-12H,1H2,2-5H3/b20-19-. The molecule has 1 aliphatic rings. The first kappa shape index (κ1) is 18.1. The summed E-state index contributed by atoms with van der Waals surface area (Å²) in [5.74, 6) is 0. The van der Waals surface area contributed by atoms with Gasteiger partial charge >= 0.3 is 7.40 Å². The average molecular weight is 350 g/mol. The molecule has 1 aromatic carbocycles. The molecule has 3 rings (SSSR count). The summed E-state index contributed by atoms with van der Waals surface area (Å²) in [7, 11) is -2.61. The van der Waals surface area contributed by atoms with Crippen LogP contribution < -0.4 is 0 Å². The number of rotatable bonds is 4. The molecule has 0 amide bonds. The maximum Gasteiger partial charge on any atom is 0.677 e. The first-order chi connectivity index (χ1) is 12.3. The Bertz CT molecular complexity index is 961. The normalized spacial score (nSPS) is 15.6. The van der Waals surface area contributed by atoms with Crippen molar-refractivity contribution in [1.82, 2.24) is 4.48 Å². The predicted molar refractivity (Wildman–Crippen MR) is 107 cm³/mol. The van der Waals surface area contributed by atoms with Gasteiger partial charge < -0.3 is 4.48 Å². The molecule has 0 bridgehead atoms. The summed E-state index contributed by atoms with van der Waals surface area (Å²) in [6.45, 7) is 11.2. The Morgan fingerprint density at radius 1 is 1.12 bits per heavy atom. The van der Waals surface area contributed by atoms with E-state index in [1.165, 1.54) is 0 Å². The SMILES string of the molecule is C=Cc1ccc(/C(=C2/N=C(C)C=C2C)c2c(C)cc(C)n2B(F)F)cc1. The quantitative estimate of drug-likeness (QED) is 0.630. The Morgan fingerprint density at radius 2 is 1.77 bits per heavy atom. The number of aliphatic imine (C=N–C) groups is 1. The average Bonchev–Trinajstić information content (AvgIpc) is 3.07. The van der Waals surface area contributed by atoms with E-state index in [0.29, 0.717) is 11.4 Å². The van der Waals surface area contributed by atoms with Crippen LogP contribution in [-0.4, -0.2) is 17.6 Å². The molecule has 2 nitrogen and oxygen atoms in total. The lowest BCUT2D eigenvalue weighted by Gasteiger charge is -2.17. The van der Waals surface area contributed by atoms with E-state index in [-0.39, 0.29) is 0 Å². The minimum absolute atomic E-state index is 0.519. The fourth-order valence-corrected chi connectivity index (χ4v) is 3.49. The Hall–Kier alpha value is -2.69. The summed E-state index contributed by atoms with van der Waals surface area (Å²) in [5, 5.41) is 0. The van der Waals surface area contributed by atoms with Crippen molar-refractivity contribution >= 4 is 24.8 Å². The molecule has 0 aliphatic carbocycles. The molecule has 2 aromatic rings. The van der Waals surface area contributed by atoms with Gasteiger partial charge in [-0.2, -0.15) is 0 Å². The number of nitrogens with zero attached hydrogens (tertiary/aromatic N) is 2.